The van der Waals surface area contributed by atoms with Crippen molar-refractivity contribution in [3.63, 3.8) is 0 Å². The number of benzene rings is 2. The highest BCUT2D eigenvalue weighted by atomic mass is 35.5. The van der Waals surface area contributed by atoms with Crippen LogP contribution < -0.4 is 15.8 Å². The molecule has 4 N–H and O–H groups in total. The highest BCUT2D eigenvalue weighted by Gasteiger charge is 2.31. The number of halogens is 4. The van der Waals surface area contributed by atoms with Gasteiger partial charge in [0, 0.05) is 41.2 Å². The predicted molar refractivity (Wildman–Crippen MR) is 140 cm³/mol. The number of anilines is 2. The van der Waals surface area contributed by atoms with E-state index in [4.69, 9.17) is 15.7 Å². The largest absolute Gasteiger partial charge is 0.573 e. The summed E-state index contributed by atoms with van der Waals surface area (Å²) < 4.78 is 46.4. The van der Waals surface area contributed by atoms with Crippen LogP contribution in [0.15, 0.2) is 58.4 Å². The molecule has 0 saturated carbocycles. The van der Waals surface area contributed by atoms with Crippen molar-refractivity contribution in [3.8, 4) is 28.4 Å². The number of hydrogen-bond donors (Lipinski definition) is 3. The molecule has 1 atom stereocenters. The second-order valence-electron chi connectivity index (χ2n) is 8.40. The zero-order valence-corrected chi connectivity index (χ0v) is 21.4. The number of alkyl halides is 3. The molecule has 1 fully saturated rings. The van der Waals surface area contributed by atoms with E-state index in [1.54, 1.807) is 0 Å². The molecule has 9 nitrogen and oxygen atoms in total. The van der Waals surface area contributed by atoms with Crippen LogP contribution in [0.25, 0.3) is 22.6 Å². The lowest BCUT2D eigenvalue weighted by atomic mass is 10.1. The molecule has 1 saturated heterocycles. The van der Waals surface area contributed by atoms with Crippen LogP contribution in [-0.4, -0.2) is 44.9 Å². The van der Waals surface area contributed by atoms with Gasteiger partial charge in [-0.25, -0.2) is 4.98 Å². The number of hydrogen-bond acceptors (Lipinski definition) is 8. The summed E-state index contributed by atoms with van der Waals surface area (Å²) in [6.45, 7) is 0.763. The fourth-order valence-electron chi connectivity index (χ4n) is 4.14. The summed E-state index contributed by atoms with van der Waals surface area (Å²) >= 11 is 1.37. The maximum absolute atomic E-state index is 12.3. The topological polar surface area (TPSA) is 126 Å². The van der Waals surface area contributed by atoms with Crippen LogP contribution in [0.1, 0.15) is 18.7 Å². The van der Waals surface area contributed by atoms with E-state index in [0.717, 1.165) is 30.6 Å². The maximum atomic E-state index is 12.3. The van der Waals surface area contributed by atoms with Gasteiger partial charge in [0.15, 0.2) is 11.1 Å². The van der Waals surface area contributed by atoms with Crippen molar-refractivity contribution in [2.45, 2.75) is 31.7 Å². The summed E-state index contributed by atoms with van der Waals surface area (Å²) in [6.07, 6.45) is -2.29. The van der Waals surface area contributed by atoms with E-state index in [2.05, 4.69) is 25.2 Å². The van der Waals surface area contributed by atoms with Gasteiger partial charge in [-0.15, -0.1) is 36.9 Å². The van der Waals surface area contributed by atoms with Crippen molar-refractivity contribution < 1.29 is 22.4 Å². The summed E-state index contributed by atoms with van der Waals surface area (Å²) in [5, 5.41) is 17.4. The van der Waals surface area contributed by atoms with Gasteiger partial charge in [0.25, 0.3) is 0 Å². The van der Waals surface area contributed by atoms with Gasteiger partial charge in [-0.2, -0.15) is 4.98 Å². The summed E-state index contributed by atoms with van der Waals surface area (Å²) in [4.78, 5) is 10.9. The highest BCUT2D eigenvalue weighted by molar-refractivity contribution is 7.14. The summed E-state index contributed by atoms with van der Waals surface area (Å²) in [5.41, 5.74) is 8.55. The van der Waals surface area contributed by atoms with Crippen LogP contribution in [0.4, 0.5) is 24.0 Å². The molecule has 0 bridgehead atoms. The van der Waals surface area contributed by atoms with E-state index >= 15 is 0 Å². The maximum Gasteiger partial charge on any atom is 0.573 e. The number of rotatable bonds is 7. The molecule has 0 aliphatic carbocycles. The number of nitrogens with zero attached hydrogens (tertiary/aromatic N) is 4. The first-order valence-electron chi connectivity index (χ1n) is 11.4. The lowest BCUT2D eigenvalue weighted by Crippen LogP contribution is -2.41. The van der Waals surface area contributed by atoms with Crippen LogP contribution >= 0.6 is 23.7 Å². The van der Waals surface area contributed by atoms with Crippen molar-refractivity contribution >= 4 is 40.5 Å². The van der Waals surface area contributed by atoms with Crippen molar-refractivity contribution in [2.24, 2.45) is 5.73 Å². The molecule has 5 rings (SSSR count). The molecule has 0 amide bonds. The molecule has 4 aromatic rings. The second-order valence-corrected chi connectivity index (χ2v) is 9.26. The summed E-state index contributed by atoms with van der Waals surface area (Å²) in [6, 6.07) is 13.1. The van der Waals surface area contributed by atoms with Gasteiger partial charge < -0.3 is 25.2 Å². The Hall–Kier alpha value is -3.84. The minimum absolute atomic E-state index is 0. The number of thiazole rings is 1. The molecule has 1 aliphatic heterocycles. The molecule has 0 radical (unpaired) electrons. The average Bonchev–Trinajstić information content (AvgIpc) is 3.61. The SMILES string of the molecule is Cl.N=C(N)N1CCC[C@H]1Cc1nc(-c2ccc(Nc3nc(-c4ccc(OC(F)(F)F)cc4)cs3)cc2)no1. The highest BCUT2D eigenvalue weighted by Crippen LogP contribution is 2.30. The van der Waals surface area contributed by atoms with Crippen LogP contribution in [0.5, 0.6) is 5.75 Å². The number of aromatic nitrogens is 3. The van der Waals surface area contributed by atoms with E-state index in [9.17, 15) is 13.2 Å². The molecule has 1 aliphatic rings. The number of nitrogens with two attached hydrogens (primary N) is 1. The van der Waals surface area contributed by atoms with E-state index in [1.807, 2.05) is 34.5 Å². The second kappa shape index (κ2) is 11.3. The minimum atomic E-state index is -4.73. The van der Waals surface area contributed by atoms with Crippen molar-refractivity contribution in [3.05, 3.63) is 59.8 Å². The summed E-state index contributed by atoms with van der Waals surface area (Å²) in [5.74, 6) is 0.758. The molecule has 0 spiro atoms. The smallest absolute Gasteiger partial charge is 0.406 e. The van der Waals surface area contributed by atoms with E-state index in [-0.39, 0.29) is 30.2 Å². The molecule has 38 heavy (non-hydrogen) atoms. The molecule has 2 aromatic heterocycles. The van der Waals surface area contributed by atoms with Crippen LogP contribution in [0, 0.1) is 5.41 Å². The molecule has 0 unspecified atom stereocenters. The monoisotopic (exact) mass is 565 g/mol. The van der Waals surface area contributed by atoms with Crippen LogP contribution in [-0.2, 0) is 6.42 Å². The van der Waals surface area contributed by atoms with Gasteiger partial charge >= 0.3 is 6.36 Å². The van der Waals surface area contributed by atoms with Gasteiger partial charge in [0.05, 0.1) is 5.69 Å². The van der Waals surface area contributed by atoms with E-state index < -0.39 is 6.36 Å². The average molecular weight is 566 g/mol. The van der Waals surface area contributed by atoms with Gasteiger partial charge in [0.2, 0.25) is 11.7 Å². The van der Waals surface area contributed by atoms with Gasteiger partial charge in [0.1, 0.15) is 5.75 Å². The fraction of sp³-hybridized carbons (Fsp3) is 0.250. The van der Waals surface area contributed by atoms with Crippen molar-refractivity contribution in [1.82, 2.24) is 20.0 Å². The molecule has 14 heteroatoms. The molecule has 3 heterocycles. The Morgan fingerprint density at radius 3 is 2.53 bits per heavy atom. The fourth-order valence-corrected chi connectivity index (χ4v) is 4.88. The Balaban J connectivity index is 0.00000336. The Morgan fingerprint density at radius 2 is 1.84 bits per heavy atom. The first-order valence-corrected chi connectivity index (χ1v) is 12.2. The third kappa shape index (κ3) is 6.53. The lowest BCUT2D eigenvalue weighted by Gasteiger charge is -2.23. The zero-order chi connectivity index (χ0) is 26.0. The lowest BCUT2D eigenvalue weighted by molar-refractivity contribution is -0.274. The van der Waals surface area contributed by atoms with Crippen LogP contribution in [0.3, 0.4) is 0 Å². The number of guanidine groups is 1. The standard InChI is InChI=1S/C24H22F3N7O2S.ClH/c25-24(26,27)35-18-9-5-14(6-10-18)19-13-37-23(31-19)30-16-7-3-15(4-8-16)21-32-20(36-33-21)12-17-2-1-11-34(17)22(28)29;/h3-10,13,17H,1-2,11-12H2,(H3,28,29)(H,30,31);1H/t17-;/m0./s1. The van der Waals surface area contributed by atoms with Crippen molar-refractivity contribution in [2.75, 3.05) is 11.9 Å². The predicted octanol–water partition coefficient (Wildman–Crippen LogP) is 5.82. The van der Waals surface area contributed by atoms with Crippen LogP contribution in [0.2, 0.25) is 0 Å². The van der Waals surface area contributed by atoms with Gasteiger partial charge in [-0.1, -0.05) is 5.16 Å². The minimum Gasteiger partial charge on any atom is -0.406 e. The third-order valence-corrected chi connectivity index (χ3v) is 6.60. The number of nitrogens with one attached hydrogen (secondary N) is 2. The Bertz CT molecular complexity index is 1380. The quantitative estimate of drug-likeness (QED) is 0.189. The van der Waals surface area contributed by atoms with Gasteiger partial charge in [-0.3, -0.25) is 5.41 Å². The summed E-state index contributed by atoms with van der Waals surface area (Å²) in [7, 11) is 0. The normalized spacial score (nSPS) is 15.2. The Kier molecular flexibility index (Phi) is 8.07. The van der Waals surface area contributed by atoms with E-state index in [1.165, 1.54) is 35.6 Å². The van der Waals surface area contributed by atoms with E-state index in [0.29, 0.717) is 34.5 Å². The van der Waals surface area contributed by atoms with Gasteiger partial charge in [-0.05, 0) is 61.4 Å². The zero-order valence-electron chi connectivity index (χ0n) is 19.7. The molecular formula is C24H23ClF3N7O2S. The first-order chi connectivity index (χ1) is 17.7. The molecule has 200 valence electrons. The molecule has 2 aromatic carbocycles. The number of ether oxygens (including phenoxy) is 1. The third-order valence-electron chi connectivity index (χ3n) is 5.85. The Morgan fingerprint density at radius 1 is 1.13 bits per heavy atom. The van der Waals surface area contributed by atoms with Crippen molar-refractivity contribution in [1.29, 1.82) is 5.41 Å². The first kappa shape index (κ1) is 27.2. The molecular weight excluding hydrogens is 543 g/mol. The number of likely N-dealkylation sites (tertiary alicyclic amines) is 1. The Labute approximate surface area is 225 Å².